The van der Waals surface area contributed by atoms with Gasteiger partial charge >= 0.3 is 0 Å². The average Bonchev–Trinajstić information content (AvgIpc) is 2.65. The van der Waals surface area contributed by atoms with Crippen molar-refractivity contribution in [3.05, 3.63) is 24.3 Å². The van der Waals surface area contributed by atoms with E-state index in [4.69, 9.17) is 4.74 Å². The molecule has 1 atom stereocenters. The van der Waals surface area contributed by atoms with Crippen LogP contribution in [-0.2, 0) is 0 Å². The van der Waals surface area contributed by atoms with Crippen LogP contribution in [0, 0.1) is 5.92 Å². The van der Waals surface area contributed by atoms with Crippen LogP contribution < -0.4 is 15.4 Å². The van der Waals surface area contributed by atoms with Gasteiger partial charge in [0.25, 0.3) is 0 Å². The molecule has 0 saturated carbocycles. The molecule has 1 saturated heterocycles. The molecule has 0 spiro atoms. The highest BCUT2D eigenvalue weighted by molar-refractivity contribution is 5.48. The van der Waals surface area contributed by atoms with E-state index in [0.29, 0.717) is 12.0 Å². The smallest absolute Gasteiger partial charge is 0.121 e. The van der Waals surface area contributed by atoms with E-state index in [1.807, 2.05) is 6.07 Å². The Balaban J connectivity index is 1.90. The minimum Gasteiger partial charge on any atom is -0.493 e. The zero-order valence-electron chi connectivity index (χ0n) is 12.1. The van der Waals surface area contributed by atoms with E-state index in [-0.39, 0.29) is 0 Å². The Labute approximate surface area is 116 Å². The van der Waals surface area contributed by atoms with Crippen LogP contribution >= 0.6 is 0 Å². The first kappa shape index (κ1) is 14.2. The molecule has 0 aliphatic carbocycles. The van der Waals surface area contributed by atoms with Crippen LogP contribution in [0.2, 0.25) is 0 Å². The van der Waals surface area contributed by atoms with Gasteiger partial charge in [-0.3, -0.25) is 0 Å². The fraction of sp³-hybridized carbons (Fsp3) is 0.625. The summed E-state index contributed by atoms with van der Waals surface area (Å²) < 4.78 is 5.77. The van der Waals surface area contributed by atoms with Crippen molar-refractivity contribution in [3.63, 3.8) is 0 Å². The van der Waals surface area contributed by atoms with Crippen LogP contribution in [0.3, 0.4) is 0 Å². The number of hydrogen-bond donors (Lipinski definition) is 2. The van der Waals surface area contributed by atoms with E-state index in [1.165, 1.54) is 24.9 Å². The summed E-state index contributed by atoms with van der Waals surface area (Å²) in [5.74, 6) is 1.52. The molecule has 1 aromatic rings. The van der Waals surface area contributed by atoms with Gasteiger partial charge in [0.15, 0.2) is 0 Å². The normalized spacial score (nSPS) is 20.1. The Kier molecular flexibility index (Phi) is 5.52. The Bertz CT molecular complexity index is 371. The van der Waals surface area contributed by atoms with Crippen LogP contribution in [0.25, 0.3) is 0 Å². The first-order valence-corrected chi connectivity index (χ1v) is 7.44. The molecule has 1 aliphatic rings. The molecule has 0 bridgehead atoms. The van der Waals surface area contributed by atoms with Gasteiger partial charge in [0, 0.05) is 17.8 Å². The number of ether oxygens (including phenoxy) is 1. The standard InChI is InChI=1S/C16H26N2O/c1-13(2)12-19-16-7-3-5-15(11-16)18-14-6-4-9-17-10-8-14/h3,5,7,11,13-14,17-18H,4,6,8-10,12H2,1-2H3. The SMILES string of the molecule is CC(C)COc1cccc(NC2CCCNCC2)c1. The number of hydrogen-bond acceptors (Lipinski definition) is 3. The highest BCUT2D eigenvalue weighted by atomic mass is 16.5. The second-order valence-electron chi connectivity index (χ2n) is 5.75. The van der Waals surface area contributed by atoms with Crippen LogP contribution in [0.1, 0.15) is 33.1 Å². The monoisotopic (exact) mass is 262 g/mol. The Morgan fingerprint density at radius 1 is 1.32 bits per heavy atom. The van der Waals surface area contributed by atoms with Gasteiger partial charge in [0.2, 0.25) is 0 Å². The highest BCUT2D eigenvalue weighted by Gasteiger charge is 2.11. The second-order valence-corrected chi connectivity index (χ2v) is 5.75. The van der Waals surface area contributed by atoms with Crippen LogP contribution in [0.4, 0.5) is 5.69 Å². The Hall–Kier alpha value is -1.22. The summed E-state index contributed by atoms with van der Waals surface area (Å²) in [5, 5.41) is 7.07. The average molecular weight is 262 g/mol. The van der Waals surface area contributed by atoms with Crippen molar-refractivity contribution in [2.24, 2.45) is 5.92 Å². The number of rotatable bonds is 5. The summed E-state index contributed by atoms with van der Waals surface area (Å²) in [4.78, 5) is 0. The molecule has 2 N–H and O–H groups in total. The second kappa shape index (κ2) is 7.39. The molecule has 0 amide bonds. The topological polar surface area (TPSA) is 33.3 Å². The number of nitrogens with one attached hydrogen (secondary N) is 2. The van der Waals surface area contributed by atoms with E-state index in [2.05, 4.69) is 42.7 Å². The maximum Gasteiger partial charge on any atom is 0.121 e. The third-order valence-electron chi connectivity index (χ3n) is 3.36. The predicted molar refractivity (Wildman–Crippen MR) is 80.9 cm³/mol. The summed E-state index contributed by atoms with van der Waals surface area (Å²) in [6, 6.07) is 8.91. The molecule has 2 rings (SSSR count). The molecule has 0 radical (unpaired) electrons. The van der Waals surface area contributed by atoms with Gasteiger partial charge in [-0.05, 0) is 50.4 Å². The van der Waals surface area contributed by atoms with Crippen LogP contribution in [-0.4, -0.2) is 25.7 Å². The largest absolute Gasteiger partial charge is 0.493 e. The zero-order chi connectivity index (χ0) is 13.5. The molecule has 3 heteroatoms. The van der Waals surface area contributed by atoms with E-state index < -0.39 is 0 Å². The molecule has 1 unspecified atom stereocenters. The summed E-state index contributed by atoms with van der Waals surface area (Å²) in [7, 11) is 0. The predicted octanol–water partition coefficient (Wildman–Crippen LogP) is 3.28. The van der Waals surface area contributed by atoms with E-state index >= 15 is 0 Å². The van der Waals surface area contributed by atoms with Crippen LogP contribution in [0.5, 0.6) is 5.75 Å². The molecule has 106 valence electrons. The summed E-state index contributed by atoms with van der Waals surface area (Å²) in [5.41, 5.74) is 1.17. The van der Waals surface area contributed by atoms with Gasteiger partial charge in [0.05, 0.1) is 6.61 Å². The summed E-state index contributed by atoms with van der Waals surface area (Å²) >= 11 is 0. The number of benzene rings is 1. The van der Waals surface area contributed by atoms with E-state index in [0.717, 1.165) is 25.4 Å². The number of anilines is 1. The Morgan fingerprint density at radius 2 is 2.21 bits per heavy atom. The van der Waals surface area contributed by atoms with E-state index in [9.17, 15) is 0 Å². The molecule has 1 aliphatic heterocycles. The molecule has 1 heterocycles. The van der Waals surface area contributed by atoms with Crippen molar-refractivity contribution < 1.29 is 4.74 Å². The fourth-order valence-electron chi connectivity index (χ4n) is 2.34. The van der Waals surface area contributed by atoms with E-state index in [1.54, 1.807) is 0 Å². The first-order valence-electron chi connectivity index (χ1n) is 7.44. The molecule has 3 nitrogen and oxygen atoms in total. The van der Waals surface area contributed by atoms with Crippen molar-refractivity contribution in [2.75, 3.05) is 25.0 Å². The Morgan fingerprint density at radius 3 is 3.05 bits per heavy atom. The maximum atomic E-state index is 5.77. The lowest BCUT2D eigenvalue weighted by molar-refractivity contribution is 0.271. The molecule has 0 aromatic heterocycles. The van der Waals surface area contributed by atoms with Crippen molar-refractivity contribution in [3.8, 4) is 5.75 Å². The lowest BCUT2D eigenvalue weighted by atomic mass is 10.1. The fourth-order valence-corrected chi connectivity index (χ4v) is 2.34. The van der Waals surface area contributed by atoms with Crippen molar-refractivity contribution in [2.45, 2.75) is 39.2 Å². The van der Waals surface area contributed by atoms with Crippen molar-refractivity contribution in [1.29, 1.82) is 0 Å². The first-order chi connectivity index (χ1) is 9.24. The molecular formula is C16H26N2O. The maximum absolute atomic E-state index is 5.77. The van der Waals surface area contributed by atoms with Crippen LogP contribution in [0.15, 0.2) is 24.3 Å². The summed E-state index contributed by atoms with van der Waals surface area (Å²) in [6.07, 6.45) is 3.68. The summed E-state index contributed by atoms with van der Waals surface area (Å²) in [6.45, 7) is 7.37. The third kappa shape index (κ3) is 5.11. The van der Waals surface area contributed by atoms with Gasteiger partial charge < -0.3 is 15.4 Å². The van der Waals surface area contributed by atoms with Gasteiger partial charge in [-0.25, -0.2) is 0 Å². The van der Waals surface area contributed by atoms with Crippen molar-refractivity contribution >= 4 is 5.69 Å². The van der Waals surface area contributed by atoms with Gasteiger partial charge in [0.1, 0.15) is 5.75 Å². The minimum atomic E-state index is 0.560. The lowest BCUT2D eigenvalue weighted by Gasteiger charge is -2.18. The van der Waals surface area contributed by atoms with Gasteiger partial charge in [-0.1, -0.05) is 19.9 Å². The van der Waals surface area contributed by atoms with Gasteiger partial charge in [-0.15, -0.1) is 0 Å². The minimum absolute atomic E-state index is 0.560. The molecule has 19 heavy (non-hydrogen) atoms. The zero-order valence-corrected chi connectivity index (χ0v) is 12.1. The molecular weight excluding hydrogens is 236 g/mol. The van der Waals surface area contributed by atoms with Gasteiger partial charge in [-0.2, -0.15) is 0 Å². The molecule has 1 fully saturated rings. The third-order valence-corrected chi connectivity index (χ3v) is 3.36. The van der Waals surface area contributed by atoms with Crippen molar-refractivity contribution in [1.82, 2.24) is 5.32 Å². The quantitative estimate of drug-likeness (QED) is 0.854. The highest BCUT2D eigenvalue weighted by Crippen LogP contribution is 2.20. The lowest BCUT2D eigenvalue weighted by Crippen LogP contribution is -2.21. The molecule has 1 aromatic carbocycles.